The molecule has 0 saturated carbocycles. The van der Waals surface area contributed by atoms with Gasteiger partial charge in [0.25, 0.3) is 0 Å². The van der Waals surface area contributed by atoms with Crippen LogP contribution < -0.4 is 4.74 Å². The fourth-order valence-corrected chi connectivity index (χ4v) is 2.50. The minimum Gasteiger partial charge on any atom is -0.496 e. The first-order valence-electron chi connectivity index (χ1n) is 5.52. The van der Waals surface area contributed by atoms with Crippen molar-refractivity contribution in [2.45, 2.75) is 31.1 Å². The van der Waals surface area contributed by atoms with Gasteiger partial charge in [-0.05, 0) is 37.7 Å². The lowest BCUT2D eigenvalue weighted by Crippen LogP contribution is -2.00. The highest BCUT2D eigenvalue weighted by molar-refractivity contribution is 7.98. The SMILES string of the molecule is COc1c(C)ccc(SC)c1CCCC(=O)O. The number of aliphatic carboxylic acids is 1. The van der Waals surface area contributed by atoms with E-state index in [-0.39, 0.29) is 6.42 Å². The van der Waals surface area contributed by atoms with Crippen LogP contribution in [0.5, 0.6) is 5.75 Å². The number of ether oxygens (including phenoxy) is 1. The van der Waals surface area contributed by atoms with Crippen molar-refractivity contribution in [1.29, 1.82) is 0 Å². The van der Waals surface area contributed by atoms with E-state index in [0.717, 1.165) is 28.2 Å². The molecule has 1 N–H and O–H groups in total. The van der Waals surface area contributed by atoms with Crippen LogP contribution in [-0.2, 0) is 11.2 Å². The highest BCUT2D eigenvalue weighted by Crippen LogP contribution is 2.33. The van der Waals surface area contributed by atoms with E-state index in [1.165, 1.54) is 0 Å². The van der Waals surface area contributed by atoms with Crippen LogP contribution in [0.3, 0.4) is 0 Å². The maximum Gasteiger partial charge on any atom is 0.303 e. The third-order valence-corrected chi connectivity index (χ3v) is 3.48. The topological polar surface area (TPSA) is 46.5 Å². The third kappa shape index (κ3) is 3.66. The number of aryl methyl sites for hydroxylation is 1. The summed E-state index contributed by atoms with van der Waals surface area (Å²) in [5, 5.41) is 8.66. The van der Waals surface area contributed by atoms with Crippen molar-refractivity contribution in [2.24, 2.45) is 0 Å². The summed E-state index contributed by atoms with van der Waals surface area (Å²) in [6.07, 6.45) is 3.60. The first kappa shape index (κ1) is 13.9. The van der Waals surface area contributed by atoms with Crippen LogP contribution in [0.1, 0.15) is 24.0 Å². The monoisotopic (exact) mass is 254 g/mol. The average Bonchev–Trinajstić information content (AvgIpc) is 2.29. The van der Waals surface area contributed by atoms with E-state index in [4.69, 9.17) is 9.84 Å². The van der Waals surface area contributed by atoms with Crippen molar-refractivity contribution in [3.8, 4) is 5.75 Å². The zero-order chi connectivity index (χ0) is 12.8. The van der Waals surface area contributed by atoms with Crippen molar-refractivity contribution in [3.63, 3.8) is 0 Å². The molecule has 4 heteroatoms. The number of carboxylic acids is 1. The Morgan fingerprint density at radius 2 is 2.18 bits per heavy atom. The van der Waals surface area contributed by atoms with Gasteiger partial charge in [0.15, 0.2) is 0 Å². The van der Waals surface area contributed by atoms with Crippen LogP contribution in [0.15, 0.2) is 17.0 Å². The fourth-order valence-electron chi connectivity index (χ4n) is 1.86. The average molecular weight is 254 g/mol. The van der Waals surface area contributed by atoms with Crippen molar-refractivity contribution in [1.82, 2.24) is 0 Å². The van der Waals surface area contributed by atoms with Crippen LogP contribution >= 0.6 is 11.8 Å². The summed E-state index contributed by atoms with van der Waals surface area (Å²) in [5.41, 5.74) is 2.22. The van der Waals surface area contributed by atoms with Gasteiger partial charge in [-0.25, -0.2) is 0 Å². The molecular formula is C13H18O3S. The molecule has 94 valence electrons. The quantitative estimate of drug-likeness (QED) is 0.792. The molecule has 17 heavy (non-hydrogen) atoms. The first-order valence-corrected chi connectivity index (χ1v) is 6.75. The molecule has 0 aliphatic carbocycles. The van der Waals surface area contributed by atoms with E-state index in [2.05, 4.69) is 6.07 Å². The number of benzene rings is 1. The van der Waals surface area contributed by atoms with E-state index in [1.807, 2.05) is 19.2 Å². The molecule has 1 aromatic carbocycles. The molecule has 3 nitrogen and oxygen atoms in total. The Morgan fingerprint density at radius 3 is 2.71 bits per heavy atom. The van der Waals surface area contributed by atoms with Crippen LogP contribution in [0.25, 0.3) is 0 Å². The van der Waals surface area contributed by atoms with Crippen LogP contribution in [-0.4, -0.2) is 24.4 Å². The molecule has 0 aromatic heterocycles. The normalized spacial score (nSPS) is 10.3. The van der Waals surface area contributed by atoms with E-state index in [1.54, 1.807) is 18.9 Å². The molecule has 0 radical (unpaired) electrons. The van der Waals surface area contributed by atoms with Gasteiger partial charge in [-0.2, -0.15) is 0 Å². The Bertz CT molecular complexity index is 402. The molecule has 0 amide bonds. The van der Waals surface area contributed by atoms with Gasteiger partial charge in [-0.15, -0.1) is 11.8 Å². The molecule has 0 heterocycles. The number of thioether (sulfide) groups is 1. The molecule has 0 aliphatic rings. The highest BCUT2D eigenvalue weighted by Gasteiger charge is 2.11. The lowest BCUT2D eigenvalue weighted by Gasteiger charge is -2.14. The molecule has 1 aromatic rings. The lowest BCUT2D eigenvalue weighted by atomic mass is 10.0. The Morgan fingerprint density at radius 1 is 1.47 bits per heavy atom. The summed E-state index contributed by atoms with van der Waals surface area (Å²) in [6.45, 7) is 2.00. The fraction of sp³-hybridized carbons (Fsp3) is 0.462. The first-order chi connectivity index (χ1) is 8.10. The van der Waals surface area contributed by atoms with Gasteiger partial charge in [-0.1, -0.05) is 6.07 Å². The molecule has 0 bridgehead atoms. The minimum absolute atomic E-state index is 0.199. The van der Waals surface area contributed by atoms with Gasteiger partial charge >= 0.3 is 5.97 Å². The van der Waals surface area contributed by atoms with E-state index in [9.17, 15) is 4.79 Å². The second-order valence-corrected chi connectivity index (χ2v) is 4.69. The Labute approximate surface area is 106 Å². The third-order valence-electron chi connectivity index (χ3n) is 2.66. The molecular weight excluding hydrogens is 236 g/mol. The number of methoxy groups -OCH3 is 1. The Balaban J connectivity index is 2.93. The zero-order valence-electron chi connectivity index (χ0n) is 10.4. The maximum atomic E-state index is 10.5. The lowest BCUT2D eigenvalue weighted by molar-refractivity contribution is -0.137. The number of carbonyl (C=O) groups is 1. The second-order valence-electron chi connectivity index (χ2n) is 3.84. The van der Waals surface area contributed by atoms with Gasteiger partial charge in [-0.3, -0.25) is 4.79 Å². The number of hydrogen-bond acceptors (Lipinski definition) is 3. The molecule has 0 aliphatic heterocycles. The summed E-state index contributed by atoms with van der Waals surface area (Å²) in [7, 11) is 1.66. The number of rotatable bonds is 6. The summed E-state index contributed by atoms with van der Waals surface area (Å²) < 4.78 is 5.42. The van der Waals surface area contributed by atoms with Gasteiger partial charge in [0.05, 0.1) is 7.11 Å². The van der Waals surface area contributed by atoms with Crippen LogP contribution in [0.4, 0.5) is 0 Å². The van der Waals surface area contributed by atoms with Gasteiger partial charge < -0.3 is 9.84 Å². The van der Waals surface area contributed by atoms with Crippen molar-refractivity contribution >= 4 is 17.7 Å². The van der Waals surface area contributed by atoms with Gasteiger partial charge in [0, 0.05) is 16.9 Å². The zero-order valence-corrected chi connectivity index (χ0v) is 11.3. The van der Waals surface area contributed by atoms with Crippen LogP contribution in [0.2, 0.25) is 0 Å². The number of hydrogen-bond donors (Lipinski definition) is 1. The molecule has 0 saturated heterocycles. The summed E-state index contributed by atoms with van der Waals surface area (Å²) >= 11 is 1.67. The molecule has 1 rings (SSSR count). The van der Waals surface area contributed by atoms with Gasteiger partial charge in [0.1, 0.15) is 5.75 Å². The van der Waals surface area contributed by atoms with Crippen molar-refractivity contribution < 1.29 is 14.6 Å². The van der Waals surface area contributed by atoms with Gasteiger partial charge in [0.2, 0.25) is 0 Å². The maximum absolute atomic E-state index is 10.5. The second kappa shape index (κ2) is 6.55. The largest absolute Gasteiger partial charge is 0.496 e. The Hall–Kier alpha value is -1.16. The van der Waals surface area contributed by atoms with E-state index >= 15 is 0 Å². The van der Waals surface area contributed by atoms with E-state index < -0.39 is 5.97 Å². The minimum atomic E-state index is -0.748. The molecule has 0 spiro atoms. The summed E-state index contributed by atoms with van der Waals surface area (Å²) in [5.74, 6) is 0.143. The molecule has 0 fully saturated rings. The van der Waals surface area contributed by atoms with Crippen LogP contribution in [0, 0.1) is 6.92 Å². The molecule has 0 atom stereocenters. The molecule has 0 unspecified atom stereocenters. The standard InChI is InChI=1S/C13H18O3S/c1-9-7-8-11(17-3)10(13(9)16-2)5-4-6-12(14)15/h7-8H,4-6H2,1-3H3,(H,14,15). The summed E-state index contributed by atoms with van der Waals surface area (Å²) in [6, 6.07) is 4.10. The Kier molecular flexibility index (Phi) is 5.35. The summed E-state index contributed by atoms with van der Waals surface area (Å²) in [4.78, 5) is 11.7. The highest BCUT2D eigenvalue weighted by atomic mass is 32.2. The smallest absolute Gasteiger partial charge is 0.303 e. The van der Waals surface area contributed by atoms with Crippen molar-refractivity contribution in [2.75, 3.05) is 13.4 Å². The predicted octanol–water partition coefficient (Wildman–Crippen LogP) is 3.13. The predicted molar refractivity (Wildman–Crippen MR) is 70.1 cm³/mol. The number of carboxylic acid groups (broad SMARTS) is 1. The van der Waals surface area contributed by atoms with E-state index in [0.29, 0.717) is 6.42 Å². The van der Waals surface area contributed by atoms with Crippen molar-refractivity contribution in [3.05, 3.63) is 23.3 Å².